The largest absolute Gasteiger partial charge is 0.349 e. The van der Waals surface area contributed by atoms with Gasteiger partial charge in [-0.3, -0.25) is 0 Å². The van der Waals surface area contributed by atoms with E-state index in [1.54, 1.807) is 0 Å². The minimum absolute atomic E-state index is 0.635. The van der Waals surface area contributed by atoms with Crippen LogP contribution in [0.5, 0.6) is 0 Å². The van der Waals surface area contributed by atoms with E-state index < -0.39 is 0 Å². The van der Waals surface area contributed by atoms with E-state index in [-0.39, 0.29) is 0 Å². The normalized spacial score (nSPS) is 25.8. The number of hydrogen-bond acceptors (Lipinski definition) is 0. The Balaban J connectivity index is 1.90. The molecule has 0 N–H and O–H groups in total. The summed E-state index contributed by atoms with van der Waals surface area (Å²) in [6.07, 6.45) is 14.1. The molecule has 1 aliphatic carbocycles. The number of nitrogens with zero attached hydrogens (tertiary/aromatic N) is 2. The molecule has 0 aliphatic heterocycles. The summed E-state index contributed by atoms with van der Waals surface area (Å²) in [6, 6.07) is 9.78. The van der Waals surface area contributed by atoms with Crippen LogP contribution >= 0.6 is 0 Å². The van der Waals surface area contributed by atoms with Crippen molar-refractivity contribution in [3.8, 4) is 0 Å². The molecular weight excluding hydrogens is 196 g/mol. The summed E-state index contributed by atoms with van der Waals surface area (Å²) in [7, 11) is 0. The van der Waals surface area contributed by atoms with E-state index in [0.717, 1.165) is 0 Å². The van der Waals surface area contributed by atoms with E-state index in [4.69, 9.17) is 0 Å². The lowest BCUT2D eigenvalue weighted by molar-refractivity contribution is 0.241. The van der Waals surface area contributed by atoms with Crippen LogP contribution in [0.3, 0.4) is 0 Å². The third-order valence-corrected chi connectivity index (χ3v) is 3.71. The topological polar surface area (TPSA) is 9.86 Å². The van der Waals surface area contributed by atoms with Crippen LogP contribution in [-0.2, 0) is 0 Å². The van der Waals surface area contributed by atoms with Gasteiger partial charge in [0.1, 0.15) is 0 Å². The SMILES string of the molecule is c1ccn(C2CCCCC2n2cccc2)c1. The average Bonchev–Trinajstić information content (AvgIpc) is 3.03. The molecule has 1 aliphatic rings. The Labute approximate surface area is 96.5 Å². The molecule has 1 fully saturated rings. The minimum atomic E-state index is 0.635. The Bertz CT molecular complexity index is 371. The first kappa shape index (κ1) is 9.76. The van der Waals surface area contributed by atoms with Gasteiger partial charge in [0.25, 0.3) is 0 Å². The molecule has 0 amide bonds. The van der Waals surface area contributed by atoms with Crippen molar-refractivity contribution in [1.82, 2.24) is 9.13 Å². The second-order valence-electron chi connectivity index (χ2n) is 4.68. The van der Waals surface area contributed by atoms with Gasteiger partial charge in [-0.05, 0) is 37.1 Å². The fourth-order valence-electron chi connectivity index (χ4n) is 2.93. The molecule has 0 bridgehead atoms. The van der Waals surface area contributed by atoms with Crippen molar-refractivity contribution in [2.24, 2.45) is 0 Å². The molecule has 2 atom stereocenters. The zero-order valence-electron chi connectivity index (χ0n) is 9.50. The van der Waals surface area contributed by atoms with E-state index in [1.807, 2.05) is 0 Å². The molecule has 0 radical (unpaired) electrons. The van der Waals surface area contributed by atoms with Crippen molar-refractivity contribution in [1.29, 1.82) is 0 Å². The van der Waals surface area contributed by atoms with Crippen molar-refractivity contribution in [3.05, 3.63) is 49.1 Å². The second-order valence-corrected chi connectivity index (χ2v) is 4.68. The molecule has 2 unspecified atom stereocenters. The smallest absolute Gasteiger partial charge is 0.0537 e. The molecular formula is C14H18N2. The number of aromatic nitrogens is 2. The zero-order valence-corrected chi connectivity index (χ0v) is 9.50. The first-order valence-corrected chi connectivity index (χ1v) is 6.20. The van der Waals surface area contributed by atoms with E-state index in [2.05, 4.69) is 58.2 Å². The molecule has 2 aromatic rings. The van der Waals surface area contributed by atoms with Crippen LogP contribution in [0.1, 0.15) is 37.8 Å². The van der Waals surface area contributed by atoms with Crippen LogP contribution < -0.4 is 0 Å². The summed E-state index contributed by atoms with van der Waals surface area (Å²) in [4.78, 5) is 0. The Morgan fingerprint density at radius 1 is 0.625 bits per heavy atom. The monoisotopic (exact) mass is 214 g/mol. The van der Waals surface area contributed by atoms with Gasteiger partial charge in [0.05, 0.1) is 12.1 Å². The van der Waals surface area contributed by atoms with Crippen molar-refractivity contribution in [2.75, 3.05) is 0 Å². The lowest BCUT2D eigenvalue weighted by Crippen LogP contribution is -2.24. The lowest BCUT2D eigenvalue weighted by atomic mass is 9.90. The van der Waals surface area contributed by atoms with E-state index >= 15 is 0 Å². The maximum Gasteiger partial charge on any atom is 0.0537 e. The van der Waals surface area contributed by atoms with Gasteiger partial charge >= 0.3 is 0 Å². The third-order valence-electron chi connectivity index (χ3n) is 3.71. The molecule has 0 spiro atoms. The van der Waals surface area contributed by atoms with E-state index in [0.29, 0.717) is 12.1 Å². The summed E-state index contributed by atoms with van der Waals surface area (Å²) in [5, 5.41) is 0. The van der Waals surface area contributed by atoms with Crippen LogP contribution in [0.15, 0.2) is 49.1 Å². The molecule has 3 rings (SSSR count). The van der Waals surface area contributed by atoms with Gasteiger partial charge in [-0.2, -0.15) is 0 Å². The standard InChI is InChI=1S/C14H18N2/c1-2-8-14(16-11-5-6-12-16)13(7-1)15-9-3-4-10-15/h3-6,9-14H,1-2,7-8H2. The Morgan fingerprint density at radius 3 is 1.38 bits per heavy atom. The van der Waals surface area contributed by atoms with Crippen molar-refractivity contribution < 1.29 is 0 Å². The quantitative estimate of drug-likeness (QED) is 0.722. The van der Waals surface area contributed by atoms with Crippen molar-refractivity contribution >= 4 is 0 Å². The van der Waals surface area contributed by atoms with Gasteiger partial charge in [0.15, 0.2) is 0 Å². The molecule has 2 aromatic heterocycles. The highest BCUT2D eigenvalue weighted by Gasteiger charge is 2.26. The van der Waals surface area contributed by atoms with Crippen LogP contribution in [0.2, 0.25) is 0 Å². The summed E-state index contributed by atoms with van der Waals surface area (Å²) in [5.74, 6) is 0. The Morgan fingerprint density at radius 2 is 1.00 bits per heavy atom. The van der Waals surface area contributed by atoms with Crippen LogP contribution in [0.25, 0.3) is 0 Å². The van der Waals surface area contributed by atoms with Crippen LogP contribution in [0.4, 0.5) is 0 Å². The molecule has 0 aromatic carbocycles. The number of hydrogen-bond donors (Lipinski definition) is 0. The number of rotatable bonds is 2. The highest BCUT2D eigenvalue weighted by molar-refractivity contribution is 5.00. The van der Waals surface area contributed by atoms with Gasteiger partial charge in [-0.1, -0.05) is 12.8 Å². The fraction of sp³-hybridized carbons (Fsp3) is 0.429. The average molecular weight is 214 g/mol. The fourth-order valence-corrected chi connectivity index (χ4v) is 2.93. The summed E-state index contributed by atoms with van der Waals surface area (Å²) in [6.45, 7) is 0. The maximum absolute atomic E-state index is 2.38. The van der Waals surface area contributed by atoms with Gasteiger partial charge < -0.3 is 9.13 Å². The van der Waals surface area contributed by atoms with E-state index in [1.165, 1.54) is 25.7 Å². The minimum Gasteiger partial charge on any atom is -0.349 e. The summed E-state index contributed by atoms with van der Waals surface area (Å²) in [5.41, 5.74) is 0. The lowest BCUT2D eigenvalue weighted by Gasteiger charge is -2.33. The molecule has 84 valence electrons. The highest BCUT2D eigenvalue weighted by atomic mass is 15.1. The summed E-state index contributed by atoms with van der Waals surface area (Å²) < 4.78 is 4.76. The second kappa shape index (κ2) is 4.20. The molecule has 0 saturated heterocycles. The molecule has 16 heavy (non-hydrogen) atoms. The van der Waals surface area contributed by atoms with Crippen molar-refractivity contribution in [2.45, 2.75) is 37.8 Å². The zero-order chi connectivity index (χ0) is 10.8. The Kier molecular flexibility index (Phi) is 2.56. The predicted molar refractivity (Wildman–Crippen MR) is 65.4 cm³/mol. The van der Waals surface area contributed by atoms with Crippen LogP contribution in [0, 0.1) is 0 Å². The first-order valence-electron chi connectivity index (χ1n) is 6.20. The van der Waals surface area contributed by atoms with Crippen LogP contribution in [-0.4, -0.2) is 9.13 Å². The van der Waals surface area contributed by atoms with Gasteiger partial charge in [0.2, 0.25) is 0 Å². The molecule has 2 nitrogen and oxygen atoms in total. The maximum atomic E-state index is 2.38. The first-order chi connectivity index (χ1) is 7.95. The highest BCUT2D eigenvalue weighted by Crippen LogP contribution is 2.37. The molecule has 2 heterocycles. The predicted octanol–water partition coefficient (Wildman–Crippen LogP) is 3.65. The Hall–Kier alpha value is -1.44. The summed E-state index contributed by atoms with van der Waals surface area (Å²) >= 11 is 0. The molecule has 2 heteroatoms. The van der Waals surface area contributed by atoms with Gasteiger partial charge in [-0.15, -0.1) is 0 Å². The third kappa shape index (κ3) is 1.69. The molecule has 1 saturated carbocycles. The van der Waals surface area contributed by atoms with Gasteiger partial charge in [-0.25, -0.2) is 0 Å². The van der Waals surface area contributed by atoms with Crippen molar-refractivity contribution in [3.63, 3.8) is 0 Å². The van der Waals surface area contributed by atoms with E-state index in [9.17, 15) is 0 Å². The van der Waals surface area contributed by atoms with Gasteiger partial charge in [0, 0.05) is 24.8 Å².